The number of hydrogen-bond donors (Lipinski definition) is 0. The molecule has 1 saturated heterocycles. The van der Waals surface area contributed by atoms with Crippen molar-refractivity contribution in [2.24, 2.45) is 0 Å². The standard InChI is InChI=1S/C21H26N2O3/c1-25-20-9-5-8-18(16-20)10-11-22-12-14-23(15-13-22)21(24)26-17-19-6-3-2-4-7-19/h2-9,16H,10-15,17H2,1H3. The first kappa shape index (κ1) is 18.3. The van der Waals surface area contributed by atoms with Crippen molar-refractivity contribution in [3.8, 4) is 5.75 Å². The van der Waals surface area contributed by atoms with E-state index in [0.29, 0.717) is 19.7 Å². The number of hydrogen-bond acceptors (Lipinski definition) is 4. The largest absolute Gasteiger partial charge is 0.497 e. The van der Waals surface area contributed by atoms with Crippen LogP contribution in [-0.4, -0.2) is 55.7 Å². The molecule has 0 radical (unpaired) electrons. The van der Waals surface area contributed by atoms with Gasteiger partial charge in [-0.2, -0.15) is 0 Å². The highest BCUT2D eigenvalue weighted by Crippen LogP contribution is 2.14. The zero-order valence-corrected chi connectivity index (χ0v) is 15.3. The van der Waals surface area contributed by atoms with E-state index in [4.69, 9.17) is 9.47 Å². The fourth-order valence-electron chi connectivity index (χ4n) is 3.08. The summed E-state index contributed by atoms with van der Waals surface area (Å²) in [5, 5.41) is 0. The summed E-state index contributed by atoms with van der Waals surface area (Å²) < 4.78 is 10.7. The molecule has 1 fully saturated rings. The molecule has 0 N–H and O–H groups in total. The van der Waals surface area contributed by atoms with Crippen LogP contribution in [0.5, 0.6) is 5.75 Å². The van der Waals surface area contributed by atoms with Crippen LogP contribution >= 0.6 is 0 Å². The number of ether oxygens (including phenoxy) is 2. The first-order valence-electron chi connectivity index (χ1n) is 9.05. The normalized spacial score (nSPS) is 14.9. The van der Waals surface area contributed by atoms with Gasteiger partial charge in [0.25, 0.3) is 0 Å². The molecule has 1 aliphatic heterocycles. The van der Waals surface area contributed by atoms with Crippen LogP contribution in [0.15, 0.2) is 54.6 Å². The monoisotopic (exact) mass is 354 g/mol. The Bertz CT molecular complexity index is 697. The molecule has 1 heterocycles. The molecule has 26 heavy (non-hydrogen) atoms. The van der Waals surface area contributed by atoms with Crippen LogP contribution in [0.25, 0.3) is 0 Å². The van der Waals surface area contributed by atoms with Gasteiger partial charge in [-0.25, -0.2) is 4.79 Å². The average molecular weight is 354 g/mol. The Hall–Kier alpha value is -2.53. The predicted molar refractivity (Wildman–Crippen MR) is 101 cm³/mol. The molecule has 0 aromatic heterocycles. The van der Waals surface area contributed by atoms with Crippen LogP contribution in [0.4, 0.5) is 4.79 Å². The molecule has 138 valence electrons. The molecule has 2 aromatic carbocycles. The summed E-state index contributed by atoms with van der Waals surface area (Å²) in [6.45, 7) is 4.50. The Morgan fingerprint density at radius 3 is 2.42 bits per heavy atom. The van der Waals surface area contributed by atoms with Crippen LogP contribution in [-0.2, 0) is 17.8 Å². The second-order valence-electron chi connectivity index (χ2n) is 6.47. The minimum atomic E-state index is -0.221. The summed E-state index contributed by atoms with van der Waals surface area (Å²) in [6, 6.07) is 18.0. The summed E-state index contributed by atoms with van der Waals surface area (Å²) in [5.41, 5.74) is 2.28. The summed E-state index contributed by atoms with van der Waals surface area (Å²) in [4.78, 5) is 16.4. The summed E-state index contributed by atoms with van der Waals surface area (Å²) in [5.74, 6) is 0.897. The predicted octanol–water partition coefficient (Wildman–Crippen LogP) is 3.19. The number of rotatable bonds is 6. The second kappa shape index (κ2) is 9.25. The highest BCUT2D eigenvalue weighted by Gasteiger charge is 2.21. The van der Waals surface area contributed by atoms with Gasteiger partial charge in [-0.1, -0.05) is 42.5 Å². The number of methoxy groups -OCH3 is 1. The summed E-state index contributed by atoms with van der Waals surface area (Å²) in [6.07, 6.45) is 0.761. The number of carbonyl (C=O) groups is 1. The van der Waals surface area contributed by atoms with Crippen molar-refractivity contribution in [1.29, 1.82) is 0 Å². The number of amides is 1. The van der Waals surface area contributed by atoms with Gasteiger partial charge in [0.15, 0.2) is 0 Å². The molecule has 0 spiro atoms. The van der Waals surface area contributed by atoms with E-state index in [9.17, 15) is 4.79 Å². The van der Waals surface area contributed by atoms with Crippen LogP contribution in [0.1, 0.15) is 11.1 Å². The van der Waals surface area contributed by atoms with Gasteiger partial charge < -0.3 is 14.4 Å². The molecule has 0 atom stereocenters. The zero-order chi connectivity index (χ0) is 18.2. The molecular formula is C21H26N2O3. The topological polar surface area (TPSA) is 42.0 Å². The molecule has 1 amide bonds. The van der Waals surface area contributed by atoms with Crippen molar-refractivity contribution in [2.45, 2.75) is 13.0 Å². The van der Waals surface area contributed by atoms with E-state index >= 15 is 0 Å². The molecule has 5 heteroatoms. The Morgan fingerprint density at radius 2 is 1.69 bits per heavy atom. The Balaban J connectivity index is 1.38. The van der Waals surface area contributed by atoms with Crippen molar-refractivity contribution in [3.05, 3.63) is 65.7 Å². The first-order valence-corrected chi connectivity index (χ1v) is 9.05. The minimum Gasteiger partial charge on any atom is -0.497 e. The zero-order valence-electron chi connectivity index (χ0n) is 15.3. The highest BCUT2D eigenvalue weighted by atomic mass is 16.6. The van der Waals surface area contributed by atoms with Gasteiger partial charge in [-0.05, 0) is 29.7 Å². The van der Waals surface area contributed by atoms with Crippen LogP contribution in [0, 0.1) is 0 Å². The number of carbonyl (C=O) groups excluding carboxylic acids is 1. The Morgan fingerprint density at radius 1 is 0.962 bits per heavy atom. The quantitative estimate of drug-likeness (QED) is 0.799. The first-order chi connectivity index (χ1) is 12.7. The second-order valence-corrected chi connectivity index (χ2v) is 6.47. The lowest BCUT2D eigenvalue weighted by Crippen LogP contribution is -2.49. The van der Waals surface area contributed by atoms with E-state index in [1.54, 1.807) is 12.0 Å². The lowest BCUT2D eigenvalue weighted by Gasteiger charge is -2.34. The van der Waals surface area contributed by atoms with Crippen molar-refractivity contribution in [1.82, 2.24) is 9.80 Å². The van der Waals surface area contributed by atoms with Crippen LogP contribution in [0.3, 0.4) is 0 Å². The third-order valence-corrected chi connectivity index (χ3v) is 4.69. The van der Waals surface area contributed by atoms with Crippen molar-refractivity contribution >= 4 is 6.09 Å². The maximum Gasteiger partial charge on any atom is 0.410 e. The number of piperazine rings is 1. The molecular weight excluding hydrogens is 328 g/mol. The van der Waals surface area contributed by atoms with E-state index in [1.807, 2.05) is 42.5 Å². The number of nitrogens with zero attached hydrogens (tertiary/aromatic N) is 2. The van der Waals surface area contributed by atoms with Gasteiger partial charge >= 0.3 is 6.09 Å². The molecule has 0 bridgehead atoms. The molecule has 0 aliphatic carbocycles. The molecule has 0 unspecified atom stereocenters. The SMILES string of the molecule is COc1cccc(CCN2CCN(C(=O)OCc3ccccc3)CC2)c1. The van der Waals surface area contributed by atoms with Gasteiger partial charge in [0.05, 0.1) is 7.11 Å². The van der Waals surface area contributed by atoms with Gasteiger partial charge in [-0.15, -0.1) is 0 Å². The molecule has 1 aliphatic rings. The maximum atomic E-state index is 12.2. The van der Waals surface area contributed by atoms with Crippen LogP contribution < -0.4 is 4.74 Å². The van der Waals surface area contributed by atoms with E-state index in [-0.39, 0.29) is 6.09 Å². The van der Waals surface area contributed by atoms with Crippen molar-refractivity contribution in [2.75, 3.05) is 39.8 Å². The Kier molecular flexibility index (Phi) is 6.50. The van der Waals surface area contributed by atoms with E-state index < -0.39 is 0 Å². The molecule has 2 aromatic rings. The maximum absolute atomic E-state index is 12.2. The fraction of sp³-hybridized carbons (Fsp3) is 0.381. The van der Waals surface area contributed by atoms with Crippen molar-refractivity contribution in [3.63, 3.8) is 0 Å². The summed E-state index contributed by atoms with van der Waals surface area (Å²) in [7, 11) is 1.69. The molecule has 0 saturated carbocycles. The molecule has 5 nitrogen and oxygen atoms in total. The van der Waals surface area contributed by atoms with E-state index in [0.717, 1.165) is 37.4 Å². The fourth-order valence-corrected chi connectivity index (χ4v) is 3.08. The molecule has 3 rings (SSSR count). The lowest BCUT2D eigenvalue weighted by atomic mass is 10.1. The lowest BCUT2D eigenvalue weighted by molar-refractivity contribution is 0.0719. The van der Waals surface area contributed by atoms with Gasteiger partial charge in [-0.3, -0.25) is 4.90 Å². The minimum absolute atomic E-state index is 0.221. The van der Waals surface area contributed by atoms with E-state index in [2.05, 4.69) is 17.0 Å². The van der Waals surface area contributed by atoms with Gasteiger partial charge in [0.2, 0.25) is 0 Å². The third-order valence-electron chi connectivity index (χ3n) is 4.69. The number of benzene rings is 2. The van der Waals surface area contributed by atoms with Gasteiger partial charge in [0.1, 0.15) is 12.4 Å². The van der Waals surface area contributed by atoms with Crippen molar-refractivity contribution < 1.29 is 14.3 Å². The Labute approximate surface area is 155 Å². The smallest absolute Gasteiger partial charge is 0.410 e. The summed E-state index contributed by atoms with van der Waals surface area (Å²) >= 11 is 0. The van der Waals surface area contributed by atoms with E-state index in [1.165, 1.54) is 5.56 Å². The third kappa shape index (κ3) is 5.23. The van der Waals surface area contributed by atoms with Gasteiger partial charge in [0, 0.05) is 32.7 Å². The van der Waals surface area contributed by atoms with Crippen LogP contribution in [0.2, 0.25) is 0 Å². The highest BCUT2D eigenvalue weighted by molar-refractivity contribution is 5.67. The average Bonchev–Trinajstić information content (AvgIpc) is 2.72.